The second-order valence-corrected chi connectivity index (χ2v) is 7.70. The van der Waals surface area contributed by atoms with E-state index in [2.05, 4.69) is 10.5 Å². The summed E-state index contributed by atoms with van der Waals surface area (Å²) >= 11 is 0. The first kappa shape index (κ1) is 24.6. The van der Waals surface area contributed by atoms with Gasteiger partial charge in [-0.25, -0.2) is 4.79 Å². The maximum Gasteiger partial charge on any atom is 0.339 e. The van der Waals surface area contributed by atoms with E-state index in [9.17, 15) is 9.59 Å². The van der Waals surface area contributed by atoms with Crippen molar-refractivity contribution in [2.24, 2.45) is 0 Å². The predicted molar refractivity (Wildman–Crippen MR) is 125 cm³/mol. The van der Waals surface area contributed by atoms with Crippen molar-refractivity contribution in [3.05, 3.63) is 64.5 Å². The topological polar surface area (TPSA) is 109 Å². The number of amides is 1. The summed E-state index contributed by atoms with van der Waals surface area (Å²) in [6.45, 7) is 7.27. The Morgan fingerprint density at radius 3 is 2.35 bits per heavy atom. The number of carbonyl (C=O) groups excluding carboxylic acids is 2. The molecule has 1 N–H and O–H groups in total. The molecule has 0 bridgehead atoms. The third-order valence-electron chi connectivity index (χ3n) is 5.22. The molecule has 0 saturated carbocycles. The van der Waals surface area contributed by atoms with Crippen LogP contribution in [-0.4, -0.2) is 37.4 Å². The van der Waals surface area contributed by atoms with Crippen molar-refractivity contribution in [3.8, 4) is 17.2 Å². The van der Waals surface area contributed by atoms with Crippen LogP contribution in [-0.2, 0) is 16.1 Å². The van der Waals surface area contributed by atoms with Crippen molar-refractivity contribution >= 4 is 17.6 Å². The zero-order valence-corrected chi connectivity index (χ0v) is 20.1. The van der Waals surface area contributed by atoms with Gasteiger partial charge in [0.25, 0.3) is 5.91 Å². The van der Waals surface area contributed by atoms with E-state index in [1.165, 1.54) is 27.2 Å². The molecule has 2 aromatic carbocycles. The summed E-state index contributed by atoms with van der Waals surface area (Å²) in [5, 5.41) is 6.63. The van der Waals surface area contributed by atoms with E-state index in [1.807, 2.05) is 19.9 Å². The summed E-state index contributed by atoms with van der Waals surface area (Å²) in [5.74, 6) is 0.818. The van der Waals surface area contributed by atoms with Crippen molar-refractivity contribution in [2.75, 3.05) is 19.5 Å². The molecule has 3 rings (SSSR count). The lowest BCUT2D eigenvalue weighted by Gasteiger charge is -2.16. The fourth-order valence-corrected chi connectivity index (χ4v) is 3.21. The van der Waals surface area contributed by atoms with Gasteiger partial charge in [-0.05, 0) is 63.6 Å². The highest BCUT2D eigenvalue weighted by molar-refractivity contribution is 5.98. The van der Waals surface area contributed by atoms with E-state index in [0.717, 1.165) is 16.8 Å². The molecule has 34 heavy (non-hydrogen) atoms. The maximum absolute atomic E-state index is 12.7. The number of nitrogens with zero attached hydrogens (tertiary/aromatic N) is 1. The highest BCUT2D eigenvalue weighted by atomic mass is 16.5. The van der Waals surface area contributed by atoms with E-state index in [0.29, 0.717) is 28.7 Å². The van der Waals surface area contributed by atoms with Gasteiger partial charge in [-0.15, -0.1) is 0 Å². The molecule has 1 amide bonds. The van der Waals surface area contributed by atoms with Gasteiger partial charge in [0.1, 0.15) is 18.1 Å². The third-order valence-corrected chi connectivity index (χ3v) is 5.22. The molecular formula is C25H28N2O7. The molecular weight excluding hydrogens is 440 g/mol. The molecule has 0 aliphatic rings. The van der Waals surface area contributed by atoms with Crippen LogP contribution >= 0.6 is 0 Å². The van der Waals surface area contributed by atoms with E-state index < -0.39 is 18.0 Å². The Morgan fingerprint density at radius 2 is 1.71 bits per heavy atom. The van der Waals surface area contributed by atoms with Crippen LogP contribution in [0.1, 0.15) is 39.9 Å². The molecule has 1 atom stereocenters. The lowest BCUT2D eigenvalue weighted by atomic mass is 10.2. The zero-order valence-electron chi connectivity index (χ0n) is 20.1. The first-order valence-electron chi connectivity index (χ1n) is 10.6. The molecule has 180 valence electrons. The van der Waals surface area contributed by atoms with Crippen molar-refractivity contribution in [3.63, 3.8) is 0 Å². The molecule has 0 fully saturated rings. The summed E-state index contributed by atoms with van der Waals surface area (Å²) in [6.07, 6.45) is -1.04. The van der Waals surface area contributed by atoms with E-state index >= 15 is 0 Å². The lowest BCUT2D eigenvalue weighted by molar-refractivity contribution is -0.123. The third kappa shape index (κ3) is 5.67. The first-order valence-corrected chi connectivity index (χ1v) is 10.6. The molecule has 0 aliphatic carbocycles. The van der Waals surface area contributed by atoms with Crippen LogP contribution in [0, 0.1) is 20.8 Å². The summed E-state index contributed by atoms with van der Waals surface area (Å²) in [7, 11) is 2.98. The minimum atomic E-state index is -1.04. The molecule has 1 heterocycles. The Kier molecular flexibility index (Phi) is 7.78. The van der Waals surface area contributed by atoms with Gasteiger partial charge in [0.2, 0.25) is 0 Å². The summed E-state index contributed by atoms with van der Waals surface area (Å²) in [5.41, 5.74) is 3.25. The van der Waals surface area contributed by atoms with Gasteiger partial charge in [-0.3, -0.25) is 4.79 Å². The highest BCUT2D eigenvalue weighted by Gasteiger charge is 2.21. The number of aryl methyl sites for hydroxylation is 3. The number of methoxy groups -OCH3 is 2. The van der Waals surface area contributed by atoms with Crippen LogP contribution in [0.25, 0.3) is 0 Å². The van der Waals surface area contributed by atoms with E-state index in [-0.39, 0.29) is 12.2 Å². The van der Waals surface area contributed by atoms with Gasteiger partial charge in [0.15, 0.2) is 17.6 Å². The number of ether oxygens (including phenoxy) is 4. The molecule has 3 aromatic rings. The fraction of sp³-hybridized carbons (Fsp3) is 0.320. The summed E-state index contributed by atoms with van der Waals surface area (Å²) in [4.78, 5) is 25.2. The smallest absolute Gasteiger partial charge is 0.339 e. The van der Waals surface area contributed by atoms with E-state index in [1.54, 1.807) is 31.2 Å². The molecule has 0 radical (unpaired) electrons. The Hall–Kier alpha value is -4.01. The number of hydrogen-bond donors (Lipinski definition) is 1. The van der Waals surface area contributed by atoms with Crippen LogP contribution < -0.4 is 19.5 Å². The Morgan fingerprint density at radius 1 is 1.00 bits per heavy atom. The Labute approximate surface area is 197 Å². The number of benzene rings is 2. The van der Waals surface area contributed by atoms with Crippen LogP contribution in [0.3, 0.4) is 0 Å². The van der Waals surface area contributed by atoms with Crippen molar-refractivity contribution < 1.29 is 33.1 Å². The van der Waals surface area contributed by atoms with Gasteiger partial charge in [-0.1, -0.05) is 11.2 Å². The van der Waals surface area contributed by atoms with Crippen LogP contribution in [0.5, 0.6) is 17.2 Å². The number of esters is 1. The lowest BCUT2D eigenvalue weighted by Crippen LogP contribution is -2.30. The number of carbonyl (C=O) groups is 2. The average molecular weight is 469 g/mol. The molecule has 0 aliphatic heterocycles. The predicted octanol–water partition coefficient (Wildman–Crippen LogP) is 4.38. The number of aromatic nitrogens is 1. The van der Waals surface area contributed by atoms with Crippen LogP contribution in [0.4, 0.5) is 5.69 Å². The fourth-order valence-electron chi connectivity index (χ4n) is 3.21. The van der Waals surface area contributed by atoms with Crippen molar-refractivity contribution in [1.82, 2.24) is 5.16 Å². The second kappa shape index (κ2) is 10.7. The molecule has 9 nitrogen and oxygen atoms in total. The highest BCUT2D eigenvalue weighted by Crippen LogP contribution is 2.30. The summed E-state index contributed by atoms with van der Waals surface area (Å²) in [6, 6.07) is 10.0. The second-order valence-electron chi connectivity index (χ2n) is 7.70. The van der Waals surface area contributed by atoms with Gasteiger partial charge in [0.05, 0.1) is 36.7 Å². The molecule has 0 spiro atoms. The monoisotopic (exact) mass is 468 g/mol. The molecule has 1 aromatic heterocycles. The molecule has 1 unspecified atom stereocenters. The van der Waals surface area contributed by atoms with E-state index in [4.69, 9.17) is 23.5 Å². The molecule has 0 saturated heterocycles. The van der Waals surface area contributed by atoms with Gasteiger partial charge < -0.3 is 28.8 Å². The Bertz CT molecular complexity index is 1170. The number of rotatable bonds is 9. The maximum atomic E-state index is 12.7. The molecule has 9 heteroatoms. The number of anilines is 1. The average Bonchev–Trinajstić information content (AvgIpc) is 3.14. The van der Waals surface area contributed by atoms with Crippen LogP contribution in [0.2, 0.25) is 0 Å². The van der Waals surface area contributed by atoms with Gasteiger partial charge in [-0.2, -0.15) is 0 Å². The van der Waals surface area contributed by atoms with Gasteiger partial charge >= 0.3 is 5.97 Å². The zero-order chi connectivity index (χ0) is 24.8. The standard InChI is InChI=1S/C25H28N2O7/c1-14-7-9-21(30-5)20(11-14)26-24(28)17(4)33-25(29)18-8-10-22(23(12-18)31-6)32-13-19-15(2)27-34-16(19)3/h7-12,17H,13H2,1-6H3,(H,26,28). The minimum Gasteiger partial charge on any atom is -0.495 e. The van der Waals surface area contributed by atoms with Gasteiger partial charge in [0, 0.05) is 0 Å². The van der Waals surface area contributed by atoms with Crippen molar-refractivity contribution in [1.29, 1.82) is 0 Å². The quantitative estimate of drug-likeness (QED) is 0.461. The summed E-state index contributed by atoms with van der Waals surface area (Å²) < 4.78 is 27.0. The normalized spacial score (nSPS) is 11.5. The van der Waals surface area contributed by atoms with Crippen molar-refractivity contribution in [2.45, 2.75) is 40.4 Å². The SMILES string of the molecule is COc1ccc(C)cc1NC(=O)C(C)OC(=O)c1ccc(OCc2c(C)noc2C)c(OC)c1. The Balaban J connectivity index is 1.66. The number of nitrogens with one attached hydrogen (secondary N) is 1. The van der Waals surface area contributed by atoms with Crippen LogP contribution in [0.15, 0.2) is 40.9 Å². The first-order chi connectivity index (χ1) is 16.2. The number of hydrogen-bond acceptors (Lipinski definition) is 8. The largest absolute Gasteiger partial charge is 0.495 e. The minimum absolute atomic E-state index is 0.217.